The molecule has 170 valence electrons. The lowest BCUT2D eigenvalue weighted by molar-refractivity contribution is 0.0979. The Morgan fingerprint density at radius 1 is 0.667 bits per heavy atom. The summed E-state index contributed by atoms with van der Waals surface area (Å²) in [7, 11) is -9.75. The maximum Gasteiger partial charge on any atom is 0.298 e. The minimum absolute atomic E-state index is 0.143. The van der Waals surface area contributed by atoms with Crippen molar-refractivity contribution in [1.82, 2.24) is 0 Å². The number of ketones is 2. The minimum Gasteiger partial charge on any atom is -0.399 e. The molecule has 13 heteroatoms. The Morgan fingerprint density at radius 3 is 1.85 bits per heavy atom. The second kappa shape index (κ2) is 7.11. The summed E-state index contributed by atoms with van der Waals surface area (Å²) in [5, 5.41) is 0. The Balaban J connectivity index is 2.19. The molecule has 8 N–H and O–H groups in total. The molecule has 3 aromatic rings. The molecular formula is C20H15N3O8S2. The first kappa shape index (κ1) is 22.4. The van der Waals surface area contributed by atoms with Gasteiger partial charge in [0.15, 0.2) is 11.6 Å². The maximum absolute atomic E-state index is 13.5. The van der Waals surface area contributed by atoms with Crippen LogP contribution in [0, 0.1) is 0 Å². The molecule has 11 nitrogen and oxygen atoms in total. The van der Waals surface area contributed by atoms with Crippen LogP contribution in [0.2, 0.25) is 0 Å². The van der Waals surface area contributed by atoms with Gasteiger partial charge in [-0.15, -0.1) is 0 Å². The highest BCUT2D eigenvalue weighted by molar-refractivity contribution is 7.86. The predicted molar refractivity (Wildman–Crippen MR) is 118 cm³/mol. The third-order valence-corrected chi connectivity index (χ3v) is 7.00. The zero-order chi connectivity index (χ0) is 24.5. The lowest BCUT2D eigenvalue weighted by Gasteiger charge is -2.25. The standard InChI is InChI=1S/C20H15N3O8S2/c21-9-3-1-2-8(6-9)13-14-15(17(23)20(16(13)22)33(29,30)31)18(24)11-5-4-10(32(26,27)28)7-12(11)19(14)25/h1-7H,21-23H2,(H,26,27,28)(H,29,30,31). The molecule has 0 aliphatic heterocycles. The van der Waals surface area contributed by atoms with Crippen LogP contribution in [0.15, 0.2) is 52.3 Å². The predicted octanol–water partition coefficient (Wildman–Crippen LogP) is 1.37. The normalized spacial score (nSPS) is 13.5. The van der Waals surface area contributed by atoms with E-state index in [1.54, 1.807) is 0 Å². The summed E-state index contributed by atoms with van der Waals surface area (Å²) in [5.74, 6) is -1.81. The van der Waals surface area contributed by atoms with Crippen LogP contribution >= 0.6 is 0 Å². The molecule has 0 aromatic heterocycles. The number of fused-ring (bicyclic) bond motifs is 2. The molecule has 1 aliphatic rings. The number of carbonyl (C=O) groups is 2. The number of rotatable bonds is 3. The number of nitrogen functional groups attached to an aromatic ring is 3. The van der Waals surface area contributed by atoms with Crippen LogP contribution in [0.3, 0.4) is 0 Å². The number of carbonyl (C=O) groups excluding carboxylic acids is 2. The topological polar surface area (TPSA) is 221 Å². The van der Waals surface area contributed by atoms with Crippen molar-refractivity contribution in [3.05, 3.63) is 64.7 Å². The highest BCUT2D eigenvalue weighted by Crippen LogP contribution is 2.45. The summed E-state index contributed by atoms with van der Waals surface area (Å²) in [6.07, 6.45) is 0. The van der Waals surface area contributed by atoms with Gasteiger partial charge >= 0.3 is 0 Å². The Labute approximate surface area is 187 Å². The van der Waals surface area contributed by atoms with Gasteiger partial charge in [-0.3, -0.25) is 18.7 Å². The molecule has 0 fully saturated rings. The van der Waals surface area contributed by atoms with Gasteiger partial charge in [-0.05, 0) is 35.9 Å². The van der Waals surface area contributed by atoms with Crippen LogP contribution < -0.4 is 17.2 Å². The van der Waals surface area contributed by atoms with Crippen molar-refractivity contribution in [2.24, 2.45) is 0 Å². The first-order chi connectivity index (χ1) is 15.2. The molecule has 0 radical (unpaired) electrons. The van der Waals surface area contributed by atoms with Crippen LogP contribution in [0.5, 0.6) is 0 Å². The summed E-state index contributed by atoms with van der Waals surface area (Å²) in [6.45, 7) is 0. The molecule has 0 spiro atoms. The fourth-order valence-corrected chi connectivity index (χ4v) is 5.11. The molecule has 33 heavy (non-hydrogen) atoms. The Bertz CT molecular complexity index is 1630. The van der Waals surface area contributed by atoms with E-state index < -0.39 is 64.1 Å². The Morgan fingerprint density at radius 2 is 1.27 bits per heavy atom. The summed E-state index contributed by atoms with van der Waals surface area (Å²) in [5.41, 5.74) is 15.0. The molecule has 0 bridgehead atoms. The highest BCUT2D eigenvalue weighted by atomic mass is 32.2. The quantitative estimate of drug-likeness (QED) is 0.204. The molecule has 3 aromatic carbocycles. The van der Waals surface area contributed by atoms with E-state index in [1.807, 2.05) is 0 Å². The molecule has 0 atom stereocenters. The van der Waals surface area contributed by atoms with Crippen molar-refractivity contribution in [3.8, 4) is 11.1 Å². The molecular weight excluding hydrogens is 474 g/mol. The SMILES string of the molecule is Nc1cccc(-c2c(N)c(S(=O)(=O)O)c(N)c3c2C(=O)c2cc(S(=O)(=O)O)ccc2C3=O)c1. The van der Waals surface area contributed by atoms with Crippen LogP contribution in [-0.4, -0.2) is 37.5 Å². The van der Waals surface area contributed by atoms with Gasteiger partial charge in [-0.1, -0.05) is 12.1 Å². The molecule has 0 unspecified atom stereocenters. The van der Waals surface area contributed by atoms with Crippen LogP contribution in [0.25, 0.3) is 11.1 Å². The van der Waals surface area contributed by atoms with E-state index in [0.29, 0.717) is 0 Å². The van der Waals surface area contributed by atoms with Crippen LogP contribution in [0.4, 0.5) is 17.1 Å². The molecule has 0 heterocycles. The van der Waals surface area contributed by atoms with Gasteiger partial charge in [0.1, 0.15) is 4.90 Å². The summed E-state index contributed by atoms with van der Waals surface area (Å²) in [6, 6.07) is 8.50. The van der Waals surface area contributed by atoms with E-state index in [9.17, 15) is 35.5 Å². The highest BCUT2D eigenvalue weighted by Gasteiger charge is 2.39. The van der Waals surface area contributed by atoms with Gasteiger partial charge in [-0.2, -0.15) is 16.8 Å². The molecule has 4 rings (SSSR count). The third kappa shape index (κ3) is 3.43. The van der Waals surface area contributed by atoms with Crippen LogP contribution in [-0.2, 0) is 20.2 Å². The second-order valence-electron chi connectivity index (χ2n) is 7.22. The average Bonchev–Trinajstić information content (AvgIpc) is 2.69. The number of hydrogen-bond donors (Lipinski definition) is 5. The Kier molecular flexibility index (Phi) is 4.83. The first-order valence-electron chi connectivity index (χ1n) is 9.02. The molecule has 0 amide bonds. The molecule has 1 aliphatic carbocycles. The van der Waals surface area contributed by atoms with E-state index in [0.717, 1.165) is 18.2 Å². The number of benzene rings is 3. The average molecular weight is 489 g/mol. The number of hydrogen-bond acceptors (Lipinski definition) is 9. The summed E-state index contributed by atoms with van der Waals surface area (Å²) < 4.78 is 66.4. The lowest BCUT2D eigenvalue weighted by atomic mass is 9.79. The van der Waals surface area contributed by atoms with Crippen molar-refractivity contribution in [2.45, 2.75) is 9.79 Å². The van der Waals surface area contributed by atoms with Gasteiger partial charge in [0, 0.05) is 27.9 Å². The van der Waals surface area contributed by atoms with Crippen LogP contribution in [0.1, 0.15) is 31.8 Å². The molecule has 0 saturated heterocycles. The van der Waals surface area contributed by atoms with Gasteiger partial charge in [0.2, 0.25) is 0 Å². The first-order valence-corrected chi connectivity index (χ1v) is 11.9. The Hall–Kier alpha value is -3.78. The largest absolute Gasteiger partial charge is 0.399 e. The fourth-order valence-electron chi connectivity index (χ4n) is 3.84. The van der Waals surface area contributed by atoms with Crippen molar-refractivity contribution in [3.63, 3.8) is 0 Å². The number of anilines is 3. The zero-order valence-corrected chi connectivity index (χ0v) is 18.1. The minimum atomic E-state index is -5.04. The smallest absolute Gasteiger partial charge is 0.298 e. The number of nitrogens with two attached hydrogens (primary N) is 3. The van der Waals surface area contributed by atoms with Gasteiger partial charge in [0.25, 0.3) is 20.2 Å². The maximum atomic E-state index is 13.5. The summed E-state index contributed by atoms with van der Waals surface area (Å²) in [4.78, 5) is 25.2. The van der Waals surface area contributed by atoms with E-state index >= 15 is 0 Å². The van der Waals surface area contributed by atoms with E-state index in [-0.39, 0.29) is 27.9 Å². The monoisotopic (exact) mass is 489 g/mol. The van der Waals surface area contributed by atoms with Gasteiger partial charge < -0.3 is 17.2 Å². The van der Waals surface area contributed by atoms with Crippen molar-refractivity contribution in [2.75, 3.05) is 17.2 Å². The second-order valence-corrected chi connectivity index (χ2v) is 10.0. The van der Waals surface area contributed by atoms with Gasteiger partial charge in [-0.25, -0.2) is 0 Å². The fraction of sp³-hybridized carbons (Fsp3) is 0. The van der Waals surface area contributed by atoms with E-state index in [4.69, 9.17) is 17.2 Å². The van der Waals surface area contributed by atoms with Gasteiger partial charge in [0.05, 0.1) is 21.8 Å². The van der Waals surface area contributed by atoms with Crippen molar-refractivity contribution >= 4 is 48.9 Å². The van der Waals surface area contributed by atoms with E-state index in [2.05, 4.69) is 0 Å². The molecule has 0 saturated carbocycles. The summed E-state index contributed by atoms with van der Waals surface area (Å²) >= 11 is 0. The van der Waals surface area contributed by atoms with Crippen molar-refractivity contribution in [1.29, 1.82) is 0 Å². The van der Waals surface area contributed by atoms with E-state index in [1.165, 1.54) is 24.3 Å². The van der Waals surface area contributed by atoms with Crippen molar-refractivity contribution < 1.29 is 35.5 Å². The lowest BCUT2D eigenvalue weighted by Crippen LogP contribution is -2.26. The third-order valence-electron chi connectivity index (χ3n) is 5.19. The zero-order valence-electron chi connectivity index (χ0n) is 16.4.